The summed E-state index contributed by atoms with van der Waals surface area (Å²) in [6, 6.07) is 3.71. The number of nitrogens with one attached hydrogen (secondary N) is 1. The summed E-state index contributed by atoms with van der Waals surface area (Å²) in [5, 5.41) is 7.55. The van der Waals surface area contributed by atoms with Gasteiger partial charge in [0.05, 0.1) is 11.6 Å². The second-order valence-corrected chi connectivity index (χ2v) is 8.59. The van der Waals surface area contributed by atoms with Crippen molar-refractivity contribution in [1.29, 1.82) is 0 Å². The van der Waals surface area contributed by atoms with Crippen molar-refractivity contribution in [3.05, 3.63) is 41.4 Å². The van der Waals surface area contributed by atoms with Crippen LogP contribution < -0.4 is 10.2 Å². The highest BCUT2D eigenvalue weighted by Gasteiger charge is 2.28. The number of carbonyl (C=O) groups excluding carboxylic acids is 2. The Morgan fingerprint density at radius 3 is 2.81 bits per heavy atom. The summed E-state index contributed by atoms with van der Waals surface area (Å²) in [5.74, 6) is 1.04. The summed E-state index contributed by atoms with van der Waals surface area (Å²) in [5.41, 5.74) is 0.622. The highest BCUT2D eigenvalue weighted by atomic mass is 32.1. The molecule has 1 fully saturated rings. The molecule has 4 heterocycles. The lowest BCUT2D eigenvalue weighted by molar-refractivity contribution is -0.120. The summed E-state index contributed by atoms with van der Waals surface area (Å²) in [6.07, 6.45) is 6.69. The molecule has 162 valence electrons. The van der Waals surface area contributed by atoms with Crippen molar-refractivity contribution >= 4 is 34.1 Å². The number of thiazole rings is 1. The van der Waals surface area contributed by atoms with Gasteiger partial charge in [0.2, 0.25) is 5.91 Å². The first-order valence-electron chi connectivity index (χ1n) is 9.99. The third-order valence-electron chi connectivity index (χ3n) is 5.12. The maximum absolute atomic E-state index is 12.9. The minimum atomic E-state index is -0.200. The Balaban J connectivity index is 1.44. The van der Waals surface area contributed by atoms with Gasteiger partial charge in [-0.05, 0) is 25.8 Å². The normalized spacial score (nSPS) is 16.2. The fraction of sp³-hybridized carbons (Fsp3) is 0.400. The molecule has 0 saturated carbocycles. The van der Waals surface area contributed by atoms with E-state index in [0.717, 1.165) is 25.2 Å². The Kier molecular flexibility index (Phi) is 5.94. The monoisotopic (exact) mass is 440 g/mol. The van der Waals surface area contributed by atoms with Crippen molar-refractivity contribution in [3.8, 4) is 5.82 Å². The highest BCUT2D eigenvalue weighted by molar-refractivity contribution is 7.17. The molecular formula is C20H24N8O2S. The molecule has 0 aliphatic carbocycles. The summed E-state index contributed by atoms with van der Waals surface area (Å²) < 4.78 is 1.68. The molecule has 0 spiro atoms. The van der Waals surface area contributed by atoms with Gasteiger partial charge in [-0.2, -0.15) is 5.10 Å². The van der Waals surface area contributed by atoms with Crippen LogP contribution in [0.3, 0.4) is 0 Å². The Labute approximate surface area is 183 Å². The zero-order valence-electron chi connectivity index (χ0n) is 17.6. The van der Waals surface area contributed by atoms with Gasteiger partial charge in [0.15, 0.2) is 10.9 Å². The summed E-state index contributed by atoms with van der Waals surface area (Å²) in [4.78, 5) is 42.3. The van der Waals surface area contributed by atoms with Crippen LogP contribution in [-0.4, -0.2) is 68.6 Å². The van der Waals surface area contributed by atoms with E-state index in [1.165, 1.54) is 22.6 Å². The molecule has 10 nitrogen and oxygen atoms in total. The molecule has 0 aromatic carbocycles. The molecule has 1 atom stereocenters. The largest absolute Gasteiger partial charge is 0.356 e. The maximum atomic E-state index is 12.9. The van der Waals surface area contributed by atoms with Crippen LogP contribution in [0.4, 0.5) is 10.9 Å². The molecule has 3 aromatic heterocycles. The predicted molar refractivity (Wildman–Crippen MR) is 118 cm³/mol. The van der Waals surface area contributed by atoms with Crippen molar-refractivity contribution in [2.45, 2.75) is 19.8 Å². The predicted octanol–water partition coefficient (Wildman–Crippen LogP) is 1.98. The fourth-order valence-electron chi connectivity index (χ4n) is 3.50. The Morgan fingerprint density at radius 2 is 2.06 bits per heavy atom. The number of aromatic nitrogens is 5. The van der Waals surface area contributed by atoms with Gasteiger partial charge in [0.25, 0.3) is 5.91 Å². The molecule has 0 bridgehead atoms. The van der Waals surface area contributed by atoms with Crippen LogP contribution in [0.5, 0.6) is 0 Å². The van der Waals surface area contributed by atoms with Crippen LogP contribution >= 0.6 is 11.3 Å². The van der Waals surface area contributed by atoms with Crippen LogP contribution in [0.1, 0.15) is 28.2 Å². The van der Waals surface area contributed by atoms with Gasteiger partial charge < -0.3 is 15.1 Å². The molecular weight excluding hydrogens is 416 g/mol. The van der Waals surface area contributed by atoms with Crippen LogP contribution in [0.15, 0.2) is 30.9 Å². The molecule has 4 rings (SSSR count). The number of aryl methyl sites for hydroxylation is 1. The van der Waals surface area contributed by atoms with Crippen LogP contribution in [0.25, 0.3) is 5.82 Å². The van der Waals surface area contributed by atoms with E-state index in [0.29, 0.717) is 28.1 Å². The lowest BCUT2D eigenvalue weighted by Crippen LogP contribution is -2.41. The standard InChI is InChI=1S/C20H24N8O2S/c1-13-17(19(30)26(2)3)31-20(24-13)25-18(29)14-6-4-8-27(11-14)15-10-16(22-12-21-15)28-9-5-7-23-28/h5,7,9-10,12,14H,4,6,8,11H2,1-3H3,(H,24,25,29)/t14-/m1/s1. The van der Waals surface area contributed by atoms with E-state index in [9.17, 15) is 9.59 Å². The van der Waals surface area contributed by atoms with E-state index in [2.05, 4.69) is 30.3 Å². The third kappa shape index (κ3) is 4.55. The first kappa shape index (κ1) is 20.9. The number of carbonyl (C=O) groups is 2. The summed E-state index contributed by atoms with van der Waals surface area (Å²) in [6.45, 7) is 3.14. The topological polar surface area (TPSA) is 109 Å². The number of piperidine rings is 1. The van der Waals surface area contributed by atoms with E-state index in [1.807, 2.05) is 18.3 Å². The molecule has 1 saturated heterocycles. The molecule has 3 aromatic rings. The smallest absolute Gasteiger partial charge is 0.265 e. The molecule has 1 aliphatic rings. The van der Waals surface area contributed by atoms with Crippen LogP contribution in [0, 0.1) is 12.8 Å². The van der Waals surface area contributed by atoms with Crippen LogP contribution in [0.2, 0.25) is 0 Å². The maximum Gasteiger partial charge on any atom is 0.265 e. The lowest BCUT2D eigenvalue weighted by Gasteiger charge is -2.32. The number of nitrogens with zero attached hydrogens (tertiary/aromatic N) is 7. The van der Waals surface area contributed by atoms with Crippen LogP contribution in [-0.2, 0) is 4.79 Å². The minimum absolute atomic E-state index is 0.0938. The van der Waals surface area contributed by atoms with E-state index in [1.54, 1.807) is 31.9 Å². The Morgan fingerprint density at radius 1 is 1.26 bits per heavy atom. The average molecular weight is 441 g/mol. The number of anilines is 2. The first-order valence-corrected chi connectivity index (χ1v) is 10.8. The summed E-state index contributed by atoms with van der Waals surface area (Å²) in [7, 11) is 3.39. The lowest BCUT2D eigenvalue weighted by atomic mass is 9.97. The van der Waals surface area contributed by atoms with Gasteiger partial charge in [0, 0.05) is 45.6 Å². The number of rotatable bonds is 5. The third-order valence-corrected chi connectivity index (χ3v) is 6.18. The first-order chi connectivity index (χ1) is 14.9. The van der Waals surface area contributed by atoms with E-state index < -0.39 is 0 Å². The van der Waals surface area contributed by atoms with Gasteiger partial charge in [0.1, 0.15) is 17.0 Å². The average Bonchev–Trinajstić information content (AvgIpc) is 3.43. The van der Waals surface area contributed by atoms with Gasteiger partial charge >= 0.3 is 0 Å². The zero-order chi connectivity index (χ0) is 22.0. The molecule has 0 unspecified atom stereocenters. The van der Waals surface area contributed by atoms with E-state index in [4.69, 9.17) is 0 Å². The Hall–Kier alpha value is -3.34. The second kappa shape index (κ2) is 8.80. The van der Waals surface area contributed by atoms with Crippen molar-refractivity contribution in [2.75, 3.05) is 37.4 Å². The van der Waals surface area contributed by atoms with E-state index >= 15 is 0 Å². The number of amides is 2. The van der Waals surface area contributed by atoms with Crippen molar-refractivity contribution in [3.63, 3.8) is 0 Å². The SMILES string of the molecule is Cc1nc(NC(=O)[C@@H]2CCCN(c3cc(-n4cccn4)ncn3)C2)sc1C(=O)N(C)C. The van der Waals surface area contributed by atoms with Gasteiger partial charge in [-0.15, -0.1) is 0 Å². The van der Waals surface area contributed by atoms with Gasteiger partial charge in [-0.1, -0.05) is 11.3 Å². The fourth-order valence-corrected chi connectivity index (χ4v) is 4.49. The quantitative estimate of drug-likeness (QED) is 0.646. The molecule has 2 amide bonds. The number of hydrogen-bond donors (Lipinski definition) is 1. The zero-order valence-corrected chi connectivity index (χ0v) is 18.5. The summed E-state index contributed by atoms with van der Waals surface area (Å²) >= 11 is 1.21. The van der Waals surface area contributed by atoms with Crippen molar-refractivity contribution in [2.24, 2.45) is 5.92 Å². The second-order valence-electron chi connectivity index (χ2n) is 7.59. The molecule has 1 N–H and O–H groups in total. The minimum Gasteiger partial charge on any atom is -0.356 e. The molecule has 31 heavy (non-hydrogen) atoms. The highest BCUT2D eigenvalue weighted by Crippen LogP contribution is 2.27. The van der Waals surface area contributed by atoms with E-state index in [-0.39, 0.29) is 17.7 Å². The molecule has 1 aliphatic heterocycles. The van der Waals surface area contributed by atoms with Gasteiger partial charge in [-0.25, -0.2) is 19.6 Å². The van der Waals surface area contributed by atoms with Crippen molar-refractivity contribution in [1.82, 2.24) is 29.6 Å². The molecule has 11 heteroatoms. The number of hydrogen-bond acceptors (Lipinski definition) is 8. The molecule has 0 radical (unpaired) electrons. The van der Waals surface area contributed by atoms with Gasteiger partial charge in [-0.3, -0.25) is 9.59 Å². The van der Waals surface area contributed by atoms with Crippen molar-refractivity contribution < 1.29 is 9.59 Å². The Bertz CT molecular complexity index is 1080.